The summed E-state index contributed by atoms with van der Waals surface area (Å²) in [6, 6.07) is -0.708. The van der Waals surface area contributed by atoms with Gasteiger partial charge in [-0.3, -0.25) is 4.79 Å². The van der Waals surface area contributed by atoms with E-state index in [1.807, 2.05) is 0 Å². The molecule has 420 valence electrons. The van der Waals surface area contributed by atoms with Crippen LogP contribution in [0, 0.1) is 0 Å². The number of aliphatic hydroxyl groups is 3. The maximum Gasteiger partial charge on any atom is 0.249 e. The lowest BCUT2D eigenvalue weighted by Gasteiger charge is -2.23. The van der Waals surface area contributed by atoms with Gasteiger partial charge in [0.25, 0.3) is 0 Å². The first-order valence-electron chi connectivity index (χ1n) is 32.8. The van der Waals surface area contributed by atoms with Crippen LogP contribution in [0.3, 0.4) is 0 Å². The highest BCUT2D eigenvalue weighted by atomic mass is 16.3. The summed E-state index contributed by atoms with van der Waals surface area (Å²) in [4.78, 5) is 12.6. The Kier molecular flexibility index (Phi) is 60.3. The molecule has 1 amide bonds. The van der Waals surface area contributed by atoms with Gasteiger partial charge in [-0.15, -0.1) is 0 Å². The van der Waals surface area contributed by atoms with Crippen molar-refractivity contribution < 1.29 is 20.1 Å². The van der Waals surface area contributed by atoms with Crippen molar-refractivity contribution in [2.24, 2.45) is 0 Å². The Balaban J connectivity index is 3.44. The van der Waals surface area contributed by atoms with Gasteiger partial charge in [0.1, 0.15) is 6.10 Å². The average Bonchev–Trinajstić information content (AvgIpc) is 3.36. The fourth-order valence-corrected chi connectivity index (χ4v) is 10.9. The van der Waals surface area contributed by atoms with Crippen molar-refractivity contribution in [3.8, 4) is 0 Å². The molecule has 0 aromatic heterocycles. The van der Waals surface area contributed by atoms with Gasteiger partial charge in [0.05, 0.1) is 18.8 Å². The van der Waals surface area contributed by atoms with E-state index >= 15 is 0 Å². The number of amides is 1. The van der Waals surface area contributed by atoms with Crippen LogP contribution in [0.4, 0.5) is 0 Å². The summed E-state index contributed by atoms with van der Waals surface area (Å²) < 4.78 is 0. The number of rotatable bonds is 62. The smallest absolute Gasteiger partial charge is 0.249 e. The summed E-state index contributed by atoms with van der Waals surface area (Å²) in [5, 5.41) is 33.7. The average molecular weight is 991 g/mol. The monoisotopic (exact) mass is 990 g/mol. The molecule has 0 aliphatic rings. The Morgan fingerprint density at radius 2 is 0.457 bits per heavy atom. The third kappa shape index (κ3) is 55.1. The number of aliphatic hydroxyl groups excluding tert-OH is 3. The second-order valence-corrected chi connectivity index (χ2v) is 23.1. The van der Waals surface area contributed by atoms with Crippen molar-refractivity contribution in [3.05, 3.63) is 0 Å². The number of unbranched alkanes of at least 4 members (excludes halogenated alkanes) is 54. The predicted octanol–water partition coefficient (Wildman–Crippen LogP) is 20.9. The molecule has 0 spiro atoms. The van der Waals surface area contributed by atoms with E-state index in [1.165, 1.54) is 327 Å². The van der Waals surface area contributed by atoms with E-state index in [2.05, 4.69) is 19.2 Å². The molecule has 0 saturated carbocycles. The standard InChI is InChI=1S/C65H131NO4/c1-3-5-7-9-11-13-15-17-19-21-23-25-27-29-30-31-32-33-34-35-36-38-40-42-44-46-48-50-52-54-56-58-60-64(69)65(70)66-62(61-67)63(68)59-57-55-53-51-49-47-45-43-41-39-37-28-26-24-22-20-18-16-14-12-10-8-6-4-2/h62-64,67-69H,3-61H2,1-2H3,(H,66,70). The summed E-state index contributed by atoms with van der Waals surface area (Å²) in [6.45, 7) is 4.29. The molecule has 70 heavy (non-hydrogen) atoms. The summed E-state index contributed by atoms with van der Waals surface area (Å²) in [6.07, 6.45) is 76.2. The molecule has 5 heteroatoms. The van der Waals surface area contributed by atoms with Crippen molar-refractivity contribution in [1.29, 1.82) is 0 Å². The predicted molar refractivity (Wildman–Crippen MR) is 310 cm³/mol. The molecule has 0 aromatic rings. The number of carbonyl (C=O) groups is 1. The van der Waals surface area contributed by atoms with E-state index in [0.717, 1.165) is 32.1 Å². The molecule has 0 aliphatic carbocycles. The Morgan fingerprint density at radius 3 is 0.643 bits per heavy atom. The zero-order chi connectivity index (χ0) is 50.7. The molecular formula is C65H131NO4. The van der Waals surface area contributed by atoms with Gasteiger partial charge in [-0.25, -0.2) is 0 Å². The van der Waals surface area contributed by atoms with Crippen LogP contribution in [0.25, 0.3) is 0 Å². The van der Waals surface area contributed by atoms with Gasteiger partial charge in [-0.2, -0.15) is 0 Å². The summed E-state index contributed by atoms with van der Waals surface area (Å²) in [7, 11) is 0. The normalized spacial score (nSPS) is 13.0. The van der Waals surface area contributed by atoms with Crippen molar-refractivity contribution in [1.82, 2.24) is 5.32 Å². The molecule has 0 rings (SSSR count). The van der Waals surface area contributed by atoms with Crippen LogP contribution >= 0.6 is 0 Å². The lowest BCUT2D eigenvalue weighted by molar-refractivity contribution is -0.131. The van der Waals surface area contributed by atoms with E-state index in [9.17, 15) is 20.1 Å². The fraction of sp³-hybridized carbons (Fsp3) is 0.985. The van der Waals surface area contributed by atoms with Gasteiger partial charge in [0.15, 0.2) is 0 Å². The molecule has 0 fully saturated rings. The molecule has 0 saturated heterocycles. The first-order chi connectivity index (χ1) is 34.6. The summed E-state index contributed by atoms with van der Waals surface area (Å²) >= 11 is 0. The number of nitrogens with one attached hydrogen (secondary N) is 1. The second-order valence-electron chi connectivity index (χ2n) is 23.1. The fourth-order valence-electron chi connectivity index (χ4n) is 10.9. The highest BCUT2D eigenvalue weighted by molar-refractivity contribution is 5.80. The Morgan fingerprint density at radius 1 is 0.286 bits per heavy atom. The number of hydrogen-bond acceptors (Lipinski definition) is 4. The highest BCUT2D eigenvalue weighted by Gasteiger charge is 2.23. The van der Waals surface area contributed by atoms with Gasteiger partial charge < -0.3 is 20.6 Å². The molecule has 4 N–H and O–H groups in total. The van der Waals surface area contributed by atoms with Gasteiger partial charge in [-0.05, 0) is 12.8 Å². The molecule has 5 nitrogen and oxygen atoms in total. The lowest BCUT2D eigenvalue weighted by Crippen LogP contribution is -2.49. The summed E-state index contributed by atoms with van der Waals surface area (Å²) in [5.41, 5.74) is 0. The van der Waals surface area contributed by atoms with E-state index < -0.39 is 24.2 Å². The third-order valence-electron chi connectivity index (χ3n) is 16.0. The van der Waals surface area contributed by atoms with E-state index in [-0.39, 0.29) is 6.61 Å². The molecular weight excluding hydrogens is 859 g/mol. The van der Waals surface area contributed by atoms with Gasteiger partial charge in [-0.1, -0.05) is 373 Å². The van der Waals surface area contributed by atoms with E-state index in [4.69, 9.17) is 0 Å². The van der Waals surface area contributed by atoms with E-state index in [1.54, 1.807) is 0 Å². The molecule has 3 unspecified atom stereocenters. The molecule has 0 heterocycles. The first kappa shape index (κ1) is 69.3. The van der Waals surface area contributed by atoms with Crippen molar-refractivity contribution in [2.75, 3.05) is 6.61 Å². The maximum absolute atomic E-state index is 12.6. The van der Waals surface area contributed by atoms with Crippen LogP contribution in [-0.4, -0.2) is 46.1 Å². The minimum absolute atomic E-state index is 0.307. The number of carbonyl (C=O) groups excluding carboxylic acids is 1. The molecule has 0 bridgehead atoms. The molecule has 0 radical (unpaired) electrons. The topological polar surface area (TPSA) is 89.8 Å². The maximum atomic E-state index is 12.6. The van der Waals surface area contributed by atoms with Crippen LogP contribution < -0.4 is 5.32 Å². The minimum Gasteiger partial charge on any atom is -0.394 e. The van der Waals surface area contributed by atoms with Crippen LogP contribution in [-0.2, 0) is 4.79 Å². The van der Waals surface area contributed by atoms with Crippen LogP contribution in [0.1, 0.15) is 386 Å². The second kappa shape index (κ2) is 60.9. The van der Waals surface area contributed by atoms with Gasteiger partial charge in [0, 0.05) is 0 Å². The first-order valence-corrected chi connectivity index (χ1v) is 32.8. The Labute approximate surface area is 440 Å². The number of hydrogen-bond donors (Lipinski definition) is 4. The quantitative estimate of drug-likeness (QED) is 0.0457. The SMILES string of the molecule is CCCCCCCCCCCCCCCCCCCCCCCCCCCCCCCCCCC(O)C(=O)NC(CO)C(O)CCCCCCCCCCCCCCCCCCCCCCCCCC. The molecule has 0 aliphatic heterocycles. The van der Waals surface area contributed by atoms with Crippen molar-refractivity contribution in [3.63, 3.8) is 0 Å². The summed E-state index contributed by atoms with van der Waals surface area (Å²) in [5.74, 6) is -0.460. The lowest BCUT2D eigenvalue weighted by atomic mass is 10.0. The van der Waals surface area contributed by atoms with Crippen LogP contribution in [0.5, 0.6) is 0 Å². The zero-order valence-electron chi connectivity index (χ0n) is 48.2. The van der Waals surface area contributed by atoms with E-state index in [0.29, 0.717) is 12.8 Å². The van der Waals surface area contributed by atoms with Crippen molar-refractivity contribution in [2.45, 2.75) is 405 Å². The molecule has 0 aromatic carbocycles. The highest BCUT2D eigenvalue weighted by Crippen LogP contribution is 2.20. The minimum atomic E-state index is -1.07. The molecule has 3 atom stereocenters. The van der Waals surface area contributed by atoms with Crippen molar-refractivity contribution >= 4 is 5.91 Å². The van der Waals surface area contributed by atoms with Gasteiger partial charge >= 0.3 is 0 Å². The zero-order valence-corrected chi connectivity index (χ0v) is 48.2. The Bertz CT molecular complexity index is 960. The van der Waals surface area contributed by atoms with Gasteiger partial charge in [0.2, 0.25) is 5.91 Å². The van der Waals surface area contributed by atoms with Crippen LogP contribution in [0.2, 0.25) is 0 Å². The Hall–Kier alpha value is -0.650. The van der Waals surface area contributed by atoms with Crippen LogP contribution in [0.15, 0.2) is 0 Å². The largest absolute Gasteiger partial charge is 0.394 e. The third-order valence-corrected chi connectivity index (χ3v) is 16.0.